The molecule has 54 valence electrons. The van der Waals surface area contributed by atoms with Crippen LogP contribution in [-0.4, -0.2) is 0 Å². The molecule has 0 saturated carbocycles. The fourth-order valence-electron chi connectivity index (χ4n) is 0.666. The molecule has 1 aromatic carbocycles. The summed E-state index contributed by atoms with van der Waals surface area (Å²) in [6.07, 6.45) is 0. The number of rotatable bonds is 0. The predicted octanol–water partition coefficient (Wildman–Crippen LogP) is 3.10. The lowest BCUT2D eigenvalue weighted by Crippen LogP contribution is -1.89. The Labute approximate surface area is 76.9 Å². The van der Waals surface area contributed by atoms with Crippen molar-refractivity contribution in [2.24, 2.45) is 0 Å². The molecule has 0 aliphatic carbocycles. The van der Waals surface area contributed by atoms with E-state index in [2.05, 4.69) is 31.9 Å². The van der Waals surface area contributed by atoms with Crippen LogP contribution >= 0.6 is 31.9 Å². The molecule has 0 aliphatic heterocycles. The van der Waals surface area contributed by atoms with Gasteiger partial charge in [0.1, 0.15) is 0 Å². The molecule has 3 heteroatoms. The molecule has 1 rings (SSSR count). The number of hydrogen-bond donors (Lipinski definition) is 1. The molecule has 0 aliphatic rings. The number of nitrogen functional groups attached to an aromatic ring is 1. The van der Waals surface area contributed by atoms with E-state index in [1.807, 2.05) is 19.1 Å². The first kappa shape index (κ1) is 8.08. The first-order valence-electron chi connectivity index (χ1n) is 2.82. The van der Waals surface area contributed by atoms with Gasteiger partial charge in [0, 0.05) is 14.6 Å². The second-order valence-corrected chi connectivity index (χ2v) is 3.87. The average molecular weight is 265 g/mol. The lowest BCUT2D eigenvalue weighted by atomic mass is 10.2. The summed E-state index contributed by atoms with van der Waals surface area (Å²) in [6, 6.07) is 3.87. The summed E-state index contributed by atoms with van der Waals surface area (Å²) in [7, 11) is 0. The van der Waals surface area contributed by atoms with Gasteiger partial charge in [0.05, 0.1) is 0 Å². The summed E-state index contributed by atoms with van der Waals surface area (Å²) in [5.74, 6) is 0. The van der Waals surface area contributed by atoms with E-state index in [0.29, 0.717) is 0 Å². The van der Waals surface area contributed by atoms with E-state index in [1.165, 1.54) is 0 Å². The third kappa shape index (κ3) is 1.52. The van der Waals surface area contributed by atoms with E-state index in [1.54, 1.807) is 0 Å². The first-order chi connectivity index (χ1) is 4.61. The molecular formula is C7H7Br2N. The van der Waals surface area contributed by atoms with Gasteiger partial charge in [0.25, 0.3) is 0 Å². The van der Waals surface area contributed by atoms with Crippen molar-refractivity contribution < 1.29 is 0 Å². The van der Waals surface area contributed by atoms with Crippen LogP contribution in [0.4, 0.5) is 5.69 Å². The fraction of sp³-hybridized carbons (Fsp3) is 0.143. The lowest BCUT2D eigenvalue weighted by molar-refractivity contribution is 1.42. The van der Waals surface area contributed by atoms with E-state index < -0.39 is 0 Å². The number of nitrogens with two attached hydrogens (primary N) is 1. The molecule has 0 atom stereocenters. The summed E-state index contributed by atoms with van der Waals surface area (Å²) < 4.78 is 2.04. The van der Waals surface area contributed by atoms with Gasteiger partial charge in [-0.3, -0.25) is 0 Å². The van der Waals surface area contributed by atoms with Gasteiger partial charge in [0.15, 0.2) is 0 Å². The Balaban J connectivity index is 3.31. The van der Waals surface area contributed by atoms with Crippen LogP contribution in [0.3, 0.4) is 0 Å². The van der Waals surface area contributed by atoms with Crippen LogP contribution in [0.25, 0.3) is 0 Å². The zero-order valence-electron chi connectivity index (χ0n) is 5.49. The van der Waals surface area contributed by atoms with Gasteiger partial charge in [-0.1, -0.05) is 31.9 Å². The highest BCUT2D eigenvalue weighted by Crippen LogP contribution is 2.26. The topological polar surface area (TPSA) is 26.0 Å². The normalized spacial score (nSPS) is 9.90. The van der Waals surface area contributed by atoms with Gasteiger partial charge in [0.2, 0.25) is 0 Å². The van der Waals surface area contributed by atoms with Gasteiger partial charge in [-0.15, -0.1) is 0 Å². The molecule has 1 nitrogen and oxygen atoms in total. The second kappa shape index (κ2) is 2.93. The molecule has 0 bridgehead atoms. The van der Waals surface area contributed by atoms with E-state index in [-0.39, 0.29) is 0 Å². The van der Waals surface area contributed by atoms with Gasteiger partial charge in [-0.05, 0) is 24.6 Å². The van der Waals surface area contributed by atoms with Crippen LogP contribution in [-0.2, 0) is 0 Å². The molecule has 1 aromatic rings. The van der Waals surface area contributed by atoms with Crippen molar-refractivity contribution in [3.8, 4) is 0 Å². The van der Waals surface area contributed by atoms with Gasteiger partial charge in [-0.2, -0.15) is 0 Å². The molecular weight excluding hydrogens is 258 g/mol. The minimum Gasteiger partial charge on any atom is -0.398 e. The van der Waals surface area contributed by atoms with Crippen molar-refractivity contribution in [3.63, 3.8) is 0 Å². The number of anilines is 1. The molecule has 10 heavy (non-hydrogen) atoms. The highest BCUT2D eigenvalue weighted by molar-refractivity contribution is 9.11. The Morgan fingerprint density at radius 3 is 2.40 bits per heavy atom. The van der Waals surface area contributed by atoms with Gasteiger partial charge in [-0.25, -0.2) is 0 Å². The predicted molar refractivity (Wildman–Crippen MR) is 51.0 cm³/mol. The number of hydrogen-bond acceptors (Lipinski definition) is 1. The monoisotopic (exact) mass is 263 g/mol. The molecule has 2 N–H and O–H groups in total. The maximum absolute atomic E-state index is 5.66. The Bertz CT molecular complexity index is 235. The highest BCUT2D eigenvalue weighted by Gasteiger charge is 1.99. The quantitative estimate of drug-likeness (QED) is 0.716. The maximum atomic E-state index is 5.66. The summed E-state index contributed by atoms with van der Waals surface area (Å²) in [5.41, 5.74) is 7.55. The van der Waals surface area contributed by atoms with Crippen molar-refractivity contribution in [1.82, 2.24) is 0 Å². The molecule has 0 aromatic heterocycles. The minimum absolute atomic E-state index is 0.807. The van der Waals surface area contributed by atoms with Crippen LogP contribution in [0.5, 0.6) is 0 Å². The number of halogens is 2. The van der Waals surface area contributed by atoms with Gasteiger partial charge < -0.3 is 5.73 Å². The van der Waals surface area contributed by atoms with Crippen LogP contribution in [0, 0.1) is 6.92 Å². The molecule has 0 amide bonds. The Morgan fingerprint density at radius 2 is 1.90 bits per heavy atom. The molecule has 0 unspecified atom stereocenters. The van der Waals surface area contributed by atoms with Crippen LogP contribution < -0.4 is 5.73 Å². The van der Waals surface area contributed by atoms with Crippen LogP contribution in [0.15, 0.2) is 21.1 Å². The van der Waals surface area contributed by atoms with Crippen molar-refractivity contribution in [1.29, 1.82) is 0 Å². The summed E-state index contributed by atoms with van der Waals surface area (Å²) >= 11 is 6.72. The Hall–Kier alpha value is -0.0200. The highest BCUT2D eigenvalue weighted by atomic mass is 79.9. The molecule has 0 radical (unpaired) electrons. The maximum Gasteiger partial charge on any atom is 0.0366 e. The summed E-state index contributed by atoms with van der Waals surface area (Å²) in [4.78, 5) is 0. The zero-order valence-corrected chi connectivity index (χ0v) is 8.66. The summed E-state index contributed by atoms with van der Waals surface area (Å²) in [5, 5.41) is 0. The molecule has 0 heterocycles. The Morgan fingerprint density at radius 1 is 1.30 bits per heavy atom. The van der Waals surface area contributed by atoms with Crippen LogP contribution in [0.1, 0.15) is 5.56 Å². The van der Waals surface area contributed by atoms with E-state index >= 15 is 0 Å². The molecule has 0 spiro atoms. The first-order valence-corrected chi connectivity index (χ1v) is 4.41. The van der Waals surface area contributed by atoms with Gasteiger partial charge >= 0.3 is 0 Å². The molecule has 0 saturated heterocycles. The van der Waals surface area contributed by atoms with Crippen LogP contribution in [0.2, 0.25) is 0 Å². The largest absolute Gasteiger partial charge is 0.398 e. The Kier molecular flexibility index (Phi) is 2.36. The standard InChI is InChI=1S/C7H7Br2N/c1-4-6(9)2-5(8)3-7(4)10/h2-3H,10H2,1H3. The molecule has 0 fully saturated rings. The summed E-state index contributed by atoms with van der Waals surface area (Å²) in [6.45, 7) is 1.98. The number of benzene rings is 1. The van der Waals surface area contributed by atoms with E-state index in [0.717, 1.165) is 20.2 Å². The van der Waals surface area contributed by atoms with Crippen molar-refractivity contribution >= 4 is 37.5 Å². The third-order valence-corrected chi connectivity index (χ3v) is 2.63. The third-order valence-electron chi connectivity index (χ3n) is 1.35. The fourth-order valence-corrected chi connectivity index (χ4v) is 1.92. The van der Waals surface area contributed by atoms with Crippen molar-refractivity contribution in [2.75, 3.05) is 5.73 Å². The lowest BCUT2D eigenvalue weighted by Gasteiger charge is -2.02. The zero-order chi connectivity index (χ0) is 7.72. The second-order valence-electron chi connectivity index (χ2n) is 2.10. The van der Waals surface area contributed by atoms with E-state index in [9.17, 15) is 0 Å². The van der Waals surface area contributed by atoms with Crippen molar-refractivity contribution in [2.45, 2.75) is 6.92 Å². The minimum atomic E-state index is 0.807. The SMILES string of the molecule is Cc1c(N)cc(Br)cc1Br. The van der Waals surface area contributed by atoms with Crippen molar-refractivity contribution in [3.05, 3.63) is 26.6 Å². The smallest absolute Gasteiger partial charge is 0.0366 e. The average Bonchev–Trinajstić information content (AvgIpc) is 1.82. The van der Waals surface area contributed by atoms with E-state index in [4.69, 9.17) is 5.73 Å².